The zero-order valence-corrected chi connectivity index (χ0v) is 11.5. The van der Waals surface area contributed by atoms with Crippen LogP contribution in [0.1, 0.15) is 33.6 Å². The van der Waals surface area contributed by atoms with Crippen LogP contribution in [-0.2, 0) is 9.53 Å². The Morgan fingerprint density at radius 2 is 1.93 bits per heavy atom. The van der Waals surface area contributed by atoms with E-state index in [2.05, 4.69) is 13.1 Å². The minimum absolute atomic E-state index is 0.169. The molecule has 3 nitrogen and oxygen atoms in total. The Morgan fingerprint density at radius 1 is 1.40 bits per heavy atom. The molecule has 1 fully saturated rings. The van der Waals surface area contributed by atoms with E-state index in [1.54, 1.807) is 0 Å². The Bertz CT molecular complexity index is 257. The number of carbonyl (C=O) groups excluding carboxylic acids is 1. The molecule has 0 amide bonds. The van der Waals surface area contributed by atoms with E-state index in [0.29, 0.717) is 12.8 Å². The maximum Gasteiger partial charge on any atom is 0.306 e. The van der Waals surface area contributed by atoms with Crippen molar-refractivity contribution in [1.82, 2.24) is 0 Å². The quantitative estimate of drug-likeness (QED) is 0.577. The molecule has 0 aromatic heterocycles. The first kappa shape index (κ1) is 12.7. The van der Waals surface area contributed by atoms with Gasteiger partial charge in [0.05, 0.1) is 14.0 Å². The molecule has 0 saturated carbocycles. The molecule has 0 spiro atoms. The highest BCUT2D eigenvalue weighted by Crippen LogP contribution is 2.40. The lowest BCUT2D eigenvalue weighted by Gasteiger charge is -2.46. The summed E-state index contributed by atoms with van der Waals surface area (Å²) in [4.78, 5) is 11.1. The number of hydrogen-bond acceptors (Lipinski definition) is 3. The molecule has 1 N–H and O–H groups in total. The Labute approximate surface area is 93.4 Å². The van der Waals surface area contributed by atoms with Crippen molar-refractivity contribution in [2.75, 3.05) is 0 Å². The lowest BCUT2D eigenvalue weighted by molar-refractivity contribution is -0.153. The summed E-state index contributed by atoms with van der Waals surface area (Å²) in [7, 11) is -1.33. The van der Waals surface area contributed by atoms with Crippen LogP contribution >= 0.6 is 0 Å². The van der Waals surface area contributed by atoms with E-state index in [0.717, 1.165) is 0 Å². The highest BCUT2D eigenvalue weighted by molar-refractivity contribution is 6.59. The van der Waals surface area contributed by atoms with E-state index < -0.39 is 14.0 Å². The van der Waals surface area contributed by atoms with E-state index in [-0.39, 0.29) is 17.5 Å². The smallest absolute Gasteiger partial charge is 0.306 e. The predicted molar refractivity (Wildman–Crippen MR) is 62.4 cm³/mol. The van der Waals surface area contributed by atoms with Gasteiger partial charge >= 0.3 is 5.97 Å². The van der Waals surface area contributed by atoms with Crippen molar-refractivity contribution in [2.45, 2.75) is 58.0 Å². The molecule has 15 heavy (non-hydrogen) atoms. The monoisotopic (exact) mass is 230 g/mol. The van der Waals surface area contributed by atoms with Crippen molar-refractivity contribution in [2.24, 2.45) is 5.41 Å². The molecule has 88 valence electrons. The predicted octanol–water partition coefficient (Wildman–Crippen LogP) is 1.50. The summed E-state index contributed by atoms with van der Waals surface area (Å²) >= 11 is 0. The maximum atomic E-state index is 11.1. The van der Waals surface area contributed by atoms with E-state index in [9.17, 15) is 9.90 Å². The van der Waals surface area contributed by atoms with Gasteiger partial charge in [0.1, 0.15) is 6.10 Å². The molecular weight excluding hydrogens is 208 g/mol. The minimum Gasteiger partial charge on any atom is -0.460 e. The number of esters is 1. The van der Waals surface area contributed by atoms with Crippen LogP contribution in [0, 0.1) is 5.41 Å². The van der Waals surface area contributed by atoms with Crippen molar-refractivity contribution in [3.8, 4) is 0 Å². The van der Waals surface area contributed by atoms with Gasteiger partial charge in [-0.1, -0.05) is 33.9 Å². The van der Waals surface area contributed by atoms with Crippen molar-refractivity contribution in [3.05, 3.63) is 0 Å². The summed E-state index contributed by atoms with van der Waals surface area (Å²) in [6.45, 7) is 10.3. The molecule has 1 heterocycles. The van der Waals surface area contributed by atoms with E-state index in [1.165, 1.54) is 0 Å². The van der Waals surface area contributed by atoms with Crippen LogP contribution in [0.25, 0.3) is 0 Å². The van der Waals surface area contributed by atoms with Gasteiger partial charge in [0, 0.05) is 6.42 Å². The molecule has 1 unspecified atom stereocenters. The largest absolute Gasteiger partial charge is 0.460 e. The van der Waals surface area contributed by atoms with Crippen LogP contribution in [0.3, 0.4) is 0 Å². The van der Waals surface area contributed by atoms with Gasteiger partial charge in [-0.05, 0) is 11.8 Å². The molecule has 0 radical (unpaired) electrons. The molecule has 1 aliphatic rings. The SMILES string of the molecule is C[SiH](C)C(O)([C@@H]1CCC(=O)O1)C(C)(C)C. The molecular formula is C11H22O3Si. The van der Waals surface area contributed by atoms with Gasteiger partial charge in [-0.15, -0.1) is 0 Å². The number of rotatable bonds is 2. The van der Waals surface area contributed by atoms with Gasteiger partial charge in [0.25, 0.3) is 0 Å². The fourth-order valence-corrected chi connectivity index (χ4v) is 5.27. The Kier molecular flexibility index (Phi) is 3.31. The summed E-state index contributed by atoms with van der Waals surface area (Å²) in [6, 6.07) is 0. The molecule has 0 aliphatic carbocycles. The number of ether oxygens (including phenoxy) is 1. The first-order valence-corrected chi connectivity index (χ1v) is 8.50. The second-order valence-electron chi connectivity index (χ2n) is 5.75. The average Bonchev–Trinajstić information content (AvgIpc) is 2.48. The highest BCUT2D eigenvalue weighted by atomic mass is 28.3. The maximum absolute atomic E-state index is 11.1. The van der Waals surface area contributed by atoms with Crippen molar-refractivity contribution in [1.29, 1.82) is 0 Å². The number of hydrogen-bond donors (Lipinski definition) is 1. The van der Waals surface area contributed by atoms with E-state index >= 15 is 0 Å². The second-order valence-corrected chi connectivity index (χ2v) is 8.94. The van der Waals surface area contributed by atoms with Crippen LogP contribution < -0.4 is 0 Å². The Morgan fingerprint density at radius 3 is 2.20 bits per heavy atom. The molecule has 2 atom stereocenters. The summed E-state index contributed by atoms with van der Waals surface area (Å²) < 4.78 is 5.26. The van der Waals surface area contributed by atoms with Crippen molar-refractivity contribution >= 4 is 14.8 Å². The number of carbonyl (C=O) groups is 1. The van der Waals surface area contributed by atoms with Crippen LogP contribution in [0.2, 0.25) is 13.1 Å². The average molecular weight is 230 g/mol. The molecule has 1 rings (SSSR count). The Hall–Kier alpha value is -0.353. The fourth-order valence-electron chi connectivity index (χ4n) is 2.56. The molecule has 0 bridgehead atoms. The van der Waals surface area contributed by atoms with Gasteiger partial charge in [-0.25, -0.2) is 0 Å². The normalized spacial score (nSPS) is 26.6. The lowest BCUT2D eigenvalue weighted by Crippen LogP contribution is -2.60. The van der Waals surface area contributed by atoms with Gasteiger partial charge < -0.3 is 9.84 Å². The fraction of sp³-hybridized carbons (Fsp3) is 0.909. The van der Waals surface area contributed by atoms with Crippen LogP contribution in [0.15, 0.2) is 0 Å². The van der Waals surface area contributed by atoms with Crippen molar-refractivity contribution < 1.29 is 14.6 Å². The van der Waals surface area contributed by atoms with Gasteiger partial charge in [-0.2, -0.15) is 0 Å². The highest BCUT2D eigenvalue weighted by Gasteiger charge is 2.52. The van der Waals surface area contributed by atoms with Crippen LogP contribution in [-0.4, -0.2) is 31.2 Å². The minimum atomic E-state index is -1.33. The first-order chi connectivity index (χ1) is 6.69. The molecule has 4 heteroatoms. The van der Waals surface area contributed by atoms with E-state index in [1.807, 2.05) is 20.8 Å². The second kappa shape index (κ2) is 3.90. The standard InChI is InChI=1S/C11H22O3Si/c1-10(2,3)11(13,15(4)5)8-6-7-9(12)14-8/h8,13,15H,6-7H2,1-5H3/t8-,11?/m0/s1. The summed E-state index contributed by atoms with van der Waals surface area (Å²) in [5.74, 6) is -0.169. The third-order valence-corrected chi connectivity index (χ3v) is 6.46. The number of cyclic esters (lactones) is 1. The van der Waals surface area contributed by atoms with E-state index in [4.69, 9.17) is 4.74 Å². The molecule has 0 aromatic rings. The summed E-state index contributed by atoms with van der Waals surface area (Å²) in [5.41, 5.74) is -0.233. The summed E-state index contributed by atoms with van der Waals surface area (Å²) in [6.07, 6.45) is 0.818. The molecule has 0 aromatic carbocycles. The van der Waals surface area contributed by atoms with Crippen LogP contribution in [0.4, 0.5) is 0 Å². The first-order valence-electron chi connectivity index (χ1n) is 5.61. The topological polar surface area (TPSA) is 46.5 Å². The van der Waals surface area contributed by atoms with Gasteiger partial charge in [-0.3, -0.25) is 4.79 Å². The summed E-state index contributed by atoms with van der Waals surface area (Å²) in [5, 5.41) is 10.0. The van der Waals surface area contributed by atoms with Gasteiger partial charge in [0.15, 0.2) is 0 Å². The number of aliphatic hydroxyl groups is 1. The van der Waals surface area contributed by atoms with Crippen LogP contribution in [0.5, 0.6) is 0 Å². The third-order valence-electron chi connectivity index (χ3n) is 3.46. The Balaban J connectivity index is 2.97. The molecule has 1 saturated heterocycles. The molecule has 1 aliphatic heterocycles. The van der Waals surface area contributed by atoms with Gasteiger partial charge in [0.2, 0.25) is 0 Å². The zero-order valence-electron chi connectivity index (χ0n) is 10.3. The van der Waals surface area contributed by atoms with Crippen molar-refractivity contribution in [3.63, 3.8) is 0 Å². The zero-order chi connectivity index (χ0) is 11.9. The third kappa shape index (κ3) is 2.11. The lowest BCUT2D eigenvalue weighted by atomic mass is 9.84.